The monoisotopic (exact) mass is 626 g/mol. The van der Waals surface area contributed by atoms with Crippen molar-refractivity contribution < 1.29 is 38.4 Å². The summed E-state index contributed by atoms with van der Waals surface area (Å²) in [5.41, 5.74) is 2.01. The van der Waals surface area contributed by atoms with Crippen LogP contribution in [0, 0.1) is 6.92 Å². The summed E-state index contributed by atoms with van der Waals surface area (Å²) in [4.78, 5) is 45.8. The molecule has 1 amide bonds. The van der Waals surface area contributed by atoms with Crippen LogP contribution in [-0.4, -0.2) is 47.4 Å². The molecule has 2 aliphatic rings. The second-order valence-corrected chi connectivity index (χ2v) is 11.4. The van der Waals surface area contributed by atoms with Gasteiger partial charge < -0.3 is 24.1 Å². The summed E-state index contributed by atoms with van der Waals surface area (Å²) < 4.78 is 23.3. The first-order valence-corrected chi connectivity index (χ1v) is 15.2. The molecule has 1 unspecified atom stereocenters. The molecule has 1 aromatic heterocycles. The number of rotatable bonds is 9. The van der Waals surface area contributed by atoms with Crippen LogP contribution in [0.15, 0.2) is 72.3 Å². The average molecular weight is 627 g/mol. The zero-order valence-electron chi connectivity index (χ0n) is 24.9. The molecule has 230 valence electrons. The van der Waals surface area contributed by atoms with E-state index in [9.17, 15) is 19.5 Å². The number of benzene rings is 3. The topological polar surface area (TPSA) is 124 Å². The fourth-order valence-electron chi connectivity index (χ4n) is 5.32. The number of aromatic nitrogens is 1. The van der Waals surface area contributed by atoms with Gasteiger partial charge in [0.15, 0.2) is 33.9 Å². The van der Waals surface area contributed by atoms with Crippen LogP contribution < -0.4 is 23.8 Å². The summed E-state index contributed by atoms with van der Waals surface area (Å²) in [6.07, 6.45) is 0. The maximum atomic E-state index is 13.7. The highest BCUT2D eigenvalue weighted by Crippen LogP contribution is 2.46. The van der Waals surface area contributed by atoms with Crippen LogP contribution in [0.1, 0.15) is 51.9 Å². The first kappa shape index (κ1) is 29.9. The number of hydrogen-bond acceptors (Lipinski definition) is 10. The normalized spacial score (nSPS) is 17.0. The molecule has 6 rings (SSSR count). The average Bonchev–Trinajstić information content (AvgIpc) is 3.56. The van der Waals surface area contributed by atoms with Crippen LogP contribution in [0.2, 0.25) is 0 Å². The Morgan fingerprint density at radius 1 is 1.00 bits per heavy atom. The Hall–Kier alpha value is -5.16. The summed E-state index contributed by atoms with van der Waals surface area (Å²) in [5, 5.41) is 11.8. The Bertz CT molecular complexity index is 1830. The first-order valence-electron chi connectivity index (χ1n) is 14.4. The predicted octanol–water partition coefficient (Wildman–Crippen LogP) is 6.03. The summed E-state index contributed by atoms with van der Waals surface area (Å²) >= 11 is 1.02. The summed E-state index contributed by atoms with van der Waals surface area (Å²) in [5.74, 6) is -0.585. The molecule has 0 bridgehead atoms. The van der Waals surface area contributed by atoms with E-state index >= 15 is 0 Å². The molecule has 1 saturated heterocycles. The smallest absolute Gasteiger partial charge is 0.301 e. The summed E-state index contributed by atoms with van der Waals surface area (Å²) in [7, 11) is 0. The van der Waals surface area contributed by atoms with Gasteiger partial charge in [-0.15, -0.1) is 0 Å². The molecule has 3 heterocycles. The quantitative estimate of drug-likeness (QED) is 0.103. The standard InChI is InChI=1S/C34H30N2O8S/c1-4-41-26-16-22(10-12-25(26)44-18-21-8-6-5-7-9-21)29-28(30(38)23-11-13-24-27(17-23)43-15-14-42-24)31(39)33(40)36(29)34-35-19(2)32(45-34)20(3)37/h5-13,16-17,29,38H,4,14-15,18H2,1-3H3/b30-28+. The highest BCUT2D eigenvalue weighted by molar-refractivity contribution is 7.18. The number of fused-ring (bicyclic) bond motifs is 1. The van der Waals surface area contributed by atoms with Crippen LogP contribution in [-0.2, 0) is 16.2 Å². The Morgan fingerprint density at radius 2 is 1.76 bits per heavy atom. The van der Waals surface area contributed by atoms with Gasteiger partial charge in [-0.25, -0.2) is 4.98 Å². The van der Waals surface area contributed by atoms with Gasteiger partial charge in [-0.1, -0.05) is 47.7 Å². The van der Waals surface area contributed by atoms with E-state index in [1.165, 1.54) is 11.8 Å². The van der Waals surface area contributed by atoms with Gasteiger partial charge in [-0.3, -0.25) is 19.3 Å². The maximum absolute atomic E-state index is 13.7. The van der Waals surface area contributed by atoms with Gasteiger partial charge in [0.2, 0.25) is 0 Å². The Labute approximate surface area is 263 Å². The van der Waals surface area contributed by atoms with Gasteiger partial charge in [-0.2, -0.15) is 0 Å². The molecule has 10 nitrogen and oxygen atoms in total. The number of hydrogen-bond donors (Lipinski definition) is 1. The van der Waals surface area contributed by atoms with E-state index in [0.717, 1.165) is 16.9 Å². The van der Waals surface area contributed by atoms with Gasteiger partial charge in [0, 0.05) is 12.5 Å². The third-order valence-corrected chi connectivity index (χ3v) is 8.65. The molecule has 0 spiro atoms. The molecule has 1 N–H and O–H groups in total. The number of aliphatic hydroxyl groups excluding tert-OH is 1. The van der Waals surface area contributed by atoms with Crippen molar-refractivity contribution in [2.75, 3.05) is 24.7 Å². The highest BCUT2D eigenvalue weighted by atomic mass is 32.1. The van der Waals surface area contributed by atoms with Crippen molar-refractivity contribution in [1.82, 2.24) is 4.98 Å². The molecule has 1 atom stereocenters. The van der Waals surface area contributed by atoms with E-state index in [4.69, 9.17) is 18.9 Å². The molecule has 11 heteroatoms. The van der Waals surface area contributed by atoms with Gasteiger partial charge in [0.25, 0.3) is 5.78 Å². The molecule has 0 saturated carbocycles. The van der Waals surface area contributed by atoms with Crippen LogP contribution in [0.3, 0.4) is 0 Å². The first-order chi connectivity index (χ1) is 21.8. The van der Waals surface area contributed by atoms with Crippen molar-refractivity contribution in [3.8, 4) is 23.0 Å². The lowest BCUT2D eigenvalue weighted by molar-refractivity contribution is -0.132. The van der Waals surface area contributed by atoms with Crippen LogP contribution in [0.4, 0.5) is 5.13 Å². The van der Waals surface area contributed by atoms with Crippen molar-refractivity contribution in [3.63, 3.8) is 0 Å². The third-order valence-electron chi connectivity index (χ3n) is 7.39. The number of ether oxygens (including phenoxy) is 4. The van der Waals surface area contributed by atoms with E-state index < -0.39 is 17.7 Å². The number of Topliss-reactive ketones (excluding diaryl/α,β-unsaturated/α-hetero) is 2. The molecule has 4 aromatic rings. The molecule has 45 heavy (non-hydrogen) atoms. The molecular formula is C34H30N2O8S. The van der Waals surface area contributed by atoms with Crippen molar-refractivity contribution in [2.24, 2.45) is 0 Å². The van der Waals surface area contributed by atoms with Gasteiger partial charge in [0.1, 0.15) is 25.6 Å². The zero-order valence-corrected chi connectivity index (χ0v) is 25.7. The number of carbonyl (C=O) groups is 3. The Morgan fingerprint density at radius 3 is 2.47 bits per heavy atom. The summed E-state index contributed by atoms with van der Waals surface area (Å²) in [6.45, 7) is 6.28. The number of thiazole rings is 1. The fraction of sp³-hybridized carbons (Fsp3) is 0.235. The Balaban J connectivity index is 1.48. The molecule has 0 radical (unpaired) electrons. The number of nitrogens with zero attached hydrogens (tertiary/aromatic N) is 2. The molecule has 2 aliphatic heterocycles. The highest BCUT2D eigenvalue weighted by Gasteiger charge is 2.48. The second-order valence-electron chi connectivity index (χ2n) is 10.4. The van der Waals surface area contributed by atoms with Crippen LogP contribution in [0.5, 0.6) is 23.0 Å². The van der Waals surface area contributed by atoms with Gasteiger partial charge in [0.05, 0.1) is 28.8 Å². The number of amides is 1. The van der Waals surface area contributed by atoms with E-state index in [2.05, 4.69) is 4.98 Å². The minimum absolute atomic E-state index is 0.144. The Kier molecular flexibility index (Phi) is 8.27. The number of anilines is 1. The van der Waals surface area contributed by atoms with E-state index in [1.54, 1.807) is 43.3 Å². The van der Waals surface area contributed by atoms with Crippen molar-refractivity contribution in [1.29, 1.82) is 0 Å². The second kappa shape index (κ2) is 12.4. The van der Waals surface area contributed by atoms with Crippen molar-refractivity contribution >= 4 is 39.7 Å². The molecule has 0 aliphatic carbocycles. The van der Waals surface area contributed by atoms with Crippen LogP contribution in [0.25, 0.3) is 5.76 Å². The van der Waals surface area contributed by atoms with E-state index in [-0.39, 0.29) is 27.8 Å². The summed E-state index contributed by atoms with van der Waals surface area (Å²) in [6, 6.07) is 18.5. The largest absolute Gasteiger partial charge is 0.507 e. The number of aryl methyl sites for hydroxylation is 1. The SMILES string of the molecule is CCOc1cc(C2/C(=C(\O)c3ccc4c(c3)OCCO4)C(=O)C(=O)N2c2nc(C)c(C(C)=O)s2)ccc1OCc1ccccc1. The lowest BCUT2D eigenvalue weighted by Gasteiger charge is -2.24. The van der Waals surface area contributed by atoms with E-state index in [0.29, 0.717) is 65.6 Å². The zero-order chi connectivity index (χ0) is 31.7. The molecular weight excluding hydrogens is 596 g/mol. The minimum atomic E-state index is -1.09. The molecule has 3 aromatic carbocycles. The van der Waals surface area contributed by atoms with Crippen molar-refractivity contribution in [3.05, 3.63) is 99.6 Å². The van der Waals surface area contributed by atoms with Gasteiger partial charge >= 0.3 is 5.91 Å². The number of aliphatic hydroxyl groups is 1. The van der Waals surface area contributed by atoms with Gasteiger partial charge in [-0.05, 0) is 55.3 Å². The maximum Gasteiger partial charge on any atom is 0.301 e. The predicted molar refractivity (Wildman–Crippen MR) is 167 cm³/mol. The van der Waals surface area contributed by atoms with Crippen molar-refractivity contribution in [2.45, 2.75) is 33.4 Å². The molecule has 1 fully saturated rings. The minimum Gasteiger partial charge on any atom is -0.507 e. The number of ketones is 2. The van der Waals surface area contributed by atoms with Crippen LogP contribution >= 0.6 is 11.3 Å². The lowest BCUT2D eigenvalue weighted by atomic mass is 9.95. The lowest BCUT2D eigenvalue weighted by Crippen LogP contribution is -2.29. The fourth-order valence-corrected chi connectivity index (χ4v) is 6.31. The number of carbonyl (C=O) groups excluding carboxylic acids is 3. The van der Waals surface area contributed by atoms with E-state index in [1.807, 2.05) is 37.3 Å². The third kappa shape index (κ3) is 5.74.